The molecule has 1 heterocycles. The zero-order valence-electron chi connectivity index (χ0n) is 11.6. The second kappa shape index (κ2) is 7.91. The molecule has 0 bridgehead atoms. The van der Waals surface area contributed by atoms with Gasteiger partial charge in [-0.2, -0.15) is 11.3 Å². The van der Waals surface area contributed by atoms with Gasteiger partial charge in [-0.1, -0.05) is 0 Å². The molecule has 0 aromatic carbocycles. The summed E-state index contributed by atoms with van der Waals surface area (Å²) in [6.45, 7) is 1.44. The van der Waals surface area contributed by atoms with Crippen molar-refractivity contribution in [3.05, 3.63) is 22.4 Å². The van der Waals surface area contributed by atoms with E-state index in [2.05, 4.69) is 4.74 Å². The molecule has 0 aliphatic heterocycles. The molecule has 0 saturated heterocycles. The highest BCUT2D eigenvalue weighted by Crippen LogP contribution is 2.08. The molecule has 5 nitrogen and oxygen atoms in total. The van der Waals surface area contributed by atoms with E-state index in [0.717, 1.165) is 5.56 Å². The van der Waals surface area contributed by atoms with Crippen LogP contribution in [0.25, 0.3) is 0 Å². The lowest BCUT2D eigenvalue weighted by Gasteiger charge is -2.21. The Morgan fingerprint density at radius 3 is 2.68 bits per heavy atom. The first-order chi connectivity index (χ1) is 9.02. The third-order valence-corrected chi connectivity index (χ3v) is 3.49. The summed E-state index contributed by atoms with van der Waals surface area (Å²) < 4.78 is 4.56. The fourth-order valence-corrected chi connectivity index (χ4v) is 2.22. The van der Waals surface area contributed by atoms with Crippen LogP contribution in [0.3, 0.4) is 0 Å². The van der Waals surface area contributed by atoms with Crippen LogP contribution >= 0.6 is 11.3 Å². The Hall–Kier alpha value is -1.40. The van der Waals surface area contributed by atoms with E-state index < -0.39 is 0 Å². The molecule has 0 fully saturated rings. The van der Waals surface area contributed by atoms with Gasteiger partial charge in [0.2, 0.25) is 5.91 Å². The maximum Gasteiger partial charge on any atom is 0.306 e. The second-order valence-corrected chi connectivity index (χ2v) is 5.23. The molecule has 0 aliphatic carbocycles. The number of ether oxygens (including phenoxy) is 1. The summed E-state index contributed by atoms with van der Waals surface area (Å²) >= 11 is 1.62. The zero-order chi connectivity index (χ0) is 14.3. The standard InChI is InChI=1S/C13H20N2O3S/c1-14(6-4-13(17)18-3)9-12(16)15(2)8-11-5-7-19-10-11/h5,7,10H,4,6,8-9H2,1-3H3. The number of methoxy groups -OCH3 is 1. The number of nitrogens with zero attached hydrogens (tertiary/aromatic N) is 2. The first-order valence-corrected chi connectivity index (χ1v) is 6.97. The van der Waals surface area contributed by atoms with Crippen LogP contribution in [0.4, 0.5) is 0 Å². The van der Waals surface area contributed by atoms with Crippen molar-refractivity contribution in [3.63, 3.8) is 0 Å². The number of hydrogen-bond acceptors (Lipinski definition) is 5. The predicted molar refractivity (Wildman–Crippen MR) is 74.9 cm³/mol. The van der Waals surface area contributed by atoms with Gasteiger partial charge in [-0.05, 0) is 29.4 Å². The smallest absolute Gasteiger partial charge is 0.306 e. The van der Waals surface area contributed by atoms with Gasteiger partial charge in [0.05, 0.1) is 20.1 Å². The number of rotatable bonds is 7. The van der Waals surface area contributed by atoms with Crippen molar-refractivity contribution in [2.24, 2.45) is 0 Å². The van der Waals surface area contributed by atoms with Crippen molar-refractivity contribution in [1.29, 1.82) is 0 Å². The van der Waals surface area contributed by atoms with Crippen LogP contribution in [-0.2, 0) is 20.9 Å². The third-order valence-electron chi connectivity index (χ3n) is 2.76. The highest BCUT2D eigenvalue weighted by atomic mass is 32.1. The van der Waals surface area contributed by atoms with E-state index in [9.17, 15) is 9.59 Å². The molecule has 0 radical (unpaired) electrons. The zero-order valence-corrected chi connectivity index (χ0v) is 12.4. The number of hydrogen-bond donors (Lipinski definition) is 0. The topological polar surface area (TPSA) is 49.9 Å². The summed E-state index contributed by atoms with van der Waals surface area (Å²) in [6, 6.07) is 2.01. The van der Waals surface area contributed by atoms with E-state index in [4.69, 9.17) is 0 Å². The molecule has 6 heteroatoms. The molecule has 1 aromatic heterocycles. The minimum atomic E-state index is -0.258. The van der Waals surface area contributed by atoms with E-state index in [1.165, 1.54) is 7.11 Å². The molecule has 0 saturated carbocycles. The molecule has 1 amide bonds. The number of esters is 1. The Kier molecular flexibility index (Phi) is 6.52. The lowest BCUT2D eigenvalue weighted by atomic mass is 10.3. The number of thiophene rings is 1. The lowest BCUT2D eigenvalue weighted by Crippen LogP contribution is -2.37. The average molecular weight is 284 g/mol. The van der Waals surface area contributed by atoms with Crippen molar-refractivity contribution in [3.8, 4) is 0 Å². The molecule has 0 spiro atoms. The summed E-state index contributed by atoms with van der Waals surface area (Å²) in [7, 11) is 4.97. The molecular weight excluding hydrogens is 264 g/mol. The Bertz CT molecular complexity index is 406. The third kappa shape index (κ3) is 5.85. The lowest BCUT2D eigenvalue weighted by molar-refractivity contribution is -0.141. The van der Waals surface area contributed by atoms with Crippen molar-refractivity contribution in [1.82, 2.24) is 9.80 Å². The number of likely N-dealkylation sites (N-methyl/N-ethyl adjacent to an activating group) is 2. The van der Waals surface area contributed by atoms with Gasteiger partial charge in [-0.3, -0.25) is 14.5 Å². The van der Waals surface area contributed by atoms with Gasteiger partial charge in [0.25, 0.3) is 0 Å². The highest BCUT2D eigenvalue weighted by Gasteiger charge is 2.13. The second-order valence-electron chi connectivity index (χ2n) is 4.45. The Morgan fingerprint density at radius 2 is 2.11 bits per heavy atom. The highest BCUT2D eigenvalue weighted by molar-refractivity contribution is 7.07. The number of amides is 1. The molecule has 0 unspecified atom stereocenters. The SMILES string of the molecule is COC(=O)CCN(C)CC(=O)N(C)Cc1ccsc1. The molecule has 0 aliphatic rings. The molecule has 1 aromatic rings. The first-order valence-electron chi connectivity index (χ1n) is 6.03. The van der Waals surface area contributed by atoms with Crippen LogP contribution < -0.4 is 0 Å². The van der Waals surface area contributed by atoms with Crippen LogP contribution in [0.5, 0.6) is 0 Å². The Balaban J connectivity index is 2.30. The quantitative estimate of drug-likeness (QED) is 0.706. The van der Waals surface area contributed by atoms with Gasteiger partial charge in [0, 0.05) is 20.1 Å². The fourth-order valence-electron chi connectivity index (χ4n) is 1.56. The largest absolute Gasteiger partial charge is 0.469 e. The van der Waals surface area contributed by atoms with Crippen molar-refractivity contribution < 1.29 is 14.3 Å². The monoisotopic (exact) mass is 284 g/mol. The van der Waals surface area contributed by atoms with Crippen molar-refractivity contribution in [2.45, 2.75) is 13.0 Å². The Labute approximate surface area is 117 Å². The van der Waals surface area contributed by atoms with Crippen LogP contribution in [0.15, 0.2) is 16.8 Å². The normalized spacial score (nSPS) is 10.5. The van der Waals surface area contributed by atoms with Gasteiger partial charge in [-0.15, -0.1) is 0 Å². The van der Waals surface area contributed by atoms with Gasteiger partial charge in [0.15, 0.2) is 0 Å². The van der Waals surface area contributed by atoms with E-state index >= 15 is 0 Å². The van der Waals surface area contributed by atoms with Crippen molar-refractivity contribution >= 4 is 23.2 Å². The number of carbonyl (C=O) groups excluding carboxylic acids is 2. The predicted octanol–water partition coefficient (Wildman–Crippen LogP) is 1.20. The van der Waals surface area contributed by atoms with E-state index in [1.54, 1.807) is 23.3 Å². The van der Waals surface area contributed by atoms with Gasteiger partial charge in [0.1, 0.15) is 0 Å². The Morgan fingerprint density at radius 1 is 1.37 bits per heavy atom. The summed E-state index contributed by atoms with van der Waals surface area (Å²) in [5.74, 6) is -0.218. The van der Waals surface area contributed by atoms with Crippen LogP contribution in [0.1, 0.15) is 12.0 Å². The average Bonchev–Trinajstić information content (AvgIpc) is 2.88. The van der Waals surface area contributed by atoms with E-state index in [1.807, 2.05) is 28.8 Å². The maximum absolute atomic E-state index is 12.0. The minimum Gasteiger partial charge on any atom is -0.469 e. The first kappa shape index (κ1) is 15.7. The molecule has 0 atom stereocenters. The van der Waals surface area contributed by atoms with Crippen molar-refractivity contribution in [2.75, 3.05) is 34.3 Å². The van der Waals surface area contributed by atoms with Crippen LogP contribution in [-0.4, -0.2) is 56.0 Å². The maximum atomic E-state index is 12.0. The summed E-state index contributed by atoms with van der Waals surface area (Å²) in [5.41, 5.74) is 1.14. The summed E-state index contributed by atoms with van der Waals surface area (Å²) in [4.78, 5) is 26.5. The van der Waals surface area contributed by atoms with Gasteiger partial charge in [-0.25, -0.2) is 0 Å². The van der Waals surface area contributed by atoms with Crippen LogP contribution in [0, 0.1) is 0 Å². The van der Waals surface area contributed by atoms with Crippen LogP contribution in [0.2, 0.25) is 0 Å². The van der Waals surface area contributed by atoms with E-state index in [0.29, 0.717) is 26.1 Å². The summed E-state index contributed by atoms with van der Waals surface area (Å²) in [6.07, 6.45) is 0.300. The molecule has 0 N–H and O–H groups in total. The summed E-state index contributed by atoms with van der Waals surface area (Å²) in [5, 5.41) is 4.03. The number of carbonyl (C=O) groups is 2. The van der Waals surface area contributed by atoms with Gasteiger partial charge < -0.3 is 9.64 Å². The van der Waals surface area contributed by atoms with Gasteiger partial charge >= 0.3 is 5.97 Å². The molecular formula is C13H20N2O3S. The van der Waals surface area contributed by atoms with E-state index in [-0.39, 0.29) is 11.9 Å². The molecule has 19 heavy (non-hydrogen) atoms. The fraction of sp³-hybridized carbons (Fsp3) is 0.538. The molecule has 1 rings (SSSR count). The molecule has 106 valence electrons. The minimum absolute atomic E-state index is 0.0403.